The van der Waals surface area contributed by atoms with Crippen LogP contribution in [0.5, 0.6) is 11.5 Å². The fourth-order valence-electron chi connectivity index (χ4n) is 3.64. The van der Waals surface area contributed by atoms with Gasteiger partial charge >= 0.3 is 6.03 Å². The number of carbonyl (C=O) groups is 3. The van der Waals surface area contributed by atoms with E-state index in [2.05, 4.69) is 5.32 Å². The molecule has 7 nitrogen and oxygen atoms in total. The molecule has 0 radical (unpaired) electrons. The first kappa shape index (κ1) is 24.0. The molecular formula is C27H23ClN2O5. The van der Waals surface area contributed by atoms with Gasteiger partial charge in [-0.2, -0.15) is 0 Å². The van der Waals surface area contributed by atoms with Crippen LogP contribution < -0.4 is 19.7 Å². The Labute approximate surface area is 207 Å². The number of anilines is 1. The summed E-state index contributed by atoms with van der Waals surface area (Å²) < 4.78 is 11.6. The average molecular weight is 491 g/mol. The molecule has 3 aromatic carbocycles. The first-order valence-electron chi connectivity index (χ1n) is 10.9. The van der Waals surface area contributed by atoms with Gasteiger partial charge in [-0.15, -0.1) is 0 Å². The van der Waals surface area contributed by atoms with Crippen LogP contribution in [0.3, 0.4) is 0 Å². The van der Waals surface area contributed by atoms with Crippen molar-refractivity contribution in [1.82, 2.24) is 5.32 Å². The van der Waals surface area contributed by atoms with Crippen molar-refractivity contribution < 1.29 is 23.9 Å². The van der Waals surface area contributed by atoms with Gasteiger partial charge in [0.25, 0.3) is 11.8 Å². The molecule has 3 aromatic rings. The highest BCUT2D eigenvalue weighted by molar-refractivity contribution is 6.39. The molecule has 1 heterocycles. The molecule has 178 valence electrons. The zero-order valence-electron chi connectivity index (χ0n) is 19.2. The third kappa shape index (κ3) is 5.53. The third-order valence-electron chi connectivity index (χ3n) is 5.38. The smallest absolute Gasteiger partial charge is 0.335 e. The topological polar surface area (TPSA) is 84.9 Å². The predicted molar refractivity (Wildman–Crippen MR) is 134 cm³/mol. The van der Waals surface area contributed by atoms with Gasteiger partial charge in [0.05, 0.1) is 5.69 Å². The van der Waals surface area contributed by atoms with Crippen molar-refractivity contribution in [3.63, 3.8) is 0 Å². The number of urea groups is 1. The van der Waals surface area contributed by atoms with Crippen molar-refractivity contribution in [2.24, 2.45) is 0 Å². The number of hydrogen-bond acceptors (Lipinski definition) is 5. The molecule has 0 atom stereocenters. The van der Waals surface area contributed by atoms with Crippen LogP contribution in [0.25, 0.3) is 6.08 Å². The molecular weight excluding hydrogens is 468 g/mol. The van der Waals surface area contributed by atoms with Gasteiger partial charge in [-0.3, -0.25) is 14.9 Å². The highest BCUT2D eigenvalue weighted by Crippen LogP contribution is 2.25. The van der Waals surface area contributed by atoms with Crippen molar-refractivity contribution in [1.29, 1.82) is 0 Å². The van der Waals surface area contributed by atoms with Crippen LogP contribution in [0.1, 0.15) is 16.7 Å². The Morgan fingerprint density at radius 1 is 0.857 bits per heavy atom. The van der Waals surface area contributed by atoms with E-state index in [4.69, 9.17) is 21.1 Å². The fourth-order valence-corrected chi connectivity index (χ4v) is 3.77. The minimum absolute atomic E-state index is 0.157. The van der Waals surface area contributed by atoms with Gasteiger partial charge in [0.1, 0.15) is 30.3 Å². The highest BCUT2D eigenvalue weighted by atomic mass is 35.5. The van der Waals surface area contributed by atoms with Gasteiger partial charge < -0.3 is 9.47 Å². The van der Waals surface area contributed by atoms with E-state index < -0.39 is 17.8 Å². The number of ether oxygens (including phenoxy) is 2. The molecule has 4 rings (SSSR count). The molecule has 0 unspecified atom stereocenters. The summed E-state index contributed by atoms with van der Waals surface area (Å²) in [6.45, 7) is 4.74. The van der Waals surface area contributed by atoms with Crippen molar-refractivity contribution >= 4 is 41.2 Å². The monoisotopic (exact) mass is 490 g/mol. The normalized spacial score (nSPS) is 14.8. The zero-order valence-corrected chi connectivity index (χ0v) is 20.0. The number of barbiturate groups is 1. The van der Waals surface area contributed by atoms with Crippen LogP contribution in [0.2, 0.25) is 5.02 Å². The van der Waals surface area contributed by atoms with Crippen molar-refractivity contribution in [2.75, 3.05) is 18.1 Å². The van der Waals surface area contributed by atoms with Gasteiger partial charge in [0.15, 0.2) is 0 Å². The predicted octanol–water partition coefficient (Wildman–Crippen LogP) is 5.08. The number of rotatable bonds is 7. The molecule has 35 heavy (non-hydrogen) atoms. The molecule has 0 spiro atoms. The van der Waals surface area contributed by atoms with Gasteiger partial charge in [-0.25, -0.2) is 9.69 Å². The molecule has 4 amide bonds. The first-order valence-corrected chi connectivity index (χ1v) is 11.3. The summed E-state index contributed by atoms with van der Waals surface area (Å²) in [5.74, 6) is 0.00787. The summed E-state index contributed by atoms with van der Waals surface area (Å²) in [4.78, 5) is 38.5. The standard InChI is InChI=1S/C27H23ClN2O5/c1-17-4-3-5-18(2)24(17)35-15-14-34-22-12-6-19(7-13-22)16-23-25(31)29-27(33)30(26(23)32)21-10-8-20(28)9-11-21/h3-13,16H,14-15H2,1-2H3,(H,29,31,33)/b23-16+. The number of nitrogens with one attached hydrogen (secondary N) is 1. The molecule has 1 aliphatic heterocycles. The Morgan fingerprint density at radius 2 is 1.49 bits per heavy atom. The quantitative estimate of drug-likeness (QED) is 0.283. The maximum Gasteiger partial charge on any atom is 0.335 e. The van der Waals surface area contributed by atoms with Crippen LogP contribution in [0.4, 0.5) is 10.5 Å². The number of para-hydroxylation sites is 1. The van der Waals surface area contributed by atoms with Gasteiger partial charge in [-0.05, 0) is 73.0 Å². The second kappa shape index (κ2) is 10.4. The van der Waals surface area contributed by atoms with Crippen molar-refractivity contribution in [3.05, 3.63) is 94.0 Å². The maximum atomic E-state index is 12.9. The first-order chi connectivity index (χ1) is 16.8. The Balaban J connectivity index is 1.41. The van der Waals surface area contributed by atoms with E-state index >= 15 is 0 Å². The van der Waals surface area contributed by atoms with E-state index in [1.807, 2.05) is 32.0 Å². The third-order valence-corrected chi connectivity index (χ3v) is 5.64. The van der Waals surface area contributed by atoms with Crippen LogP contribution in [0.15, 0.2) is 72.3 Å². The molecule has 0 aromatic heterocycles. The minimum Gasteiger partial charge on any atom is -0.490 e. The summed E-state index contributed by atoms with van der Waals surface area (Å²) in [5, 5.41) is 2.66. The number of hydrogen-bond donors (Lipinski definition) is 1. The Bertz CT molecular complexity index is 1280. The summed E-state index contributed by atoms with van der Waals surface area (Å²) in [6, 6.07) is 18.3. The van der Waals surface area contributed by atoms with Gasteiger partial charge in [0, 0.05) is 5.02 Å². The number of benzene rings is 3. The van der Waals surface area contributed by atoms with Crippen LogP contribution >= 0.6 is 11.6 Å². The number of carbonyl (C=O) groups excluding carboxylic acids is 3. The SMILES string of the molecule is Cc1cccc(C)c1OCCOc1ccc(/C=C2\C(=O)NC(=O)N(c3ccc(Cl)cc3)C2=O)cc1. The lowest BCUT2D eigenvalue weighted by Gasteiger charge is -2.26. The summed E-state index contributed by atoms with van der Waals surface area (Å²) in [5.41, 5.74) is 2.89. The summed E-state index contributed by atoms with van der Waals surface area (Å²) in [6.07, 6.45) is 1.43. The lowest BCUT2D eigenvalue weighted by atomic mass is 10.1. The Morgan fingerprint density at radius 3 is 2.14 bits per heavy atom. The maximum absolute atomic E-state index is 12.9. The Kier molecular flexibility index (Phi) is 7.17. The largest absolute Gasteiger partial charge is 0.490 e. The van der Waals surface area contributed by atoms with Gasteiger partial charge in [0.2, 0.25) is 0 Å². The van der Waals surface area contributed by atoms with E-state index in [1.54, 1.807) is 36.4 Å². The van der Waals surface area contributed by atoms with Crippen LogP contribution in [-0.2, 0) is 9.59 Å². The molecule has 0 saturated carbocycles. The number of imide groups is 2. The lowest BCUT2D eigenvalue weighted by molar-refractivity contribution is -0.122. The Hall–Kier alpha value is -4.10. The lowest BCUT2D eigenvalue weighted by Crippen LogP contribution is -2.54. The number of nitrogens with zero attached hydrogens (tertiary/aromatic N) is 1. The van der Waals surface area contributed by atoms with E-state index in [1.165, 1.54) is 18.2 Å². The molecule has 1 fully saturated rings. The summed E-state index contributed by atoms with van der Waals surface area (Å²) in [7, 11) is 0. The van der Waals surface area contributed by atoms with E-state index in [9.17, 15) is 14.4 Å². The zero-order chi connectivity index (χ0) is 24.9. The second-order valence-electron chi connectivity index (χ2n) is 7.92. The van der Waals surface area contributed by atoms with Crippen molar-refractivity contribution in [2.45, 2.75) is 13.8 Å². The van der Waals surface area contributed by atoms with E-state index in [0.29, 0.717) is 35.2 Å². The van der Waals surface area contributed by atoms with Crippen molar-refractivity contribution in [3.8, 4) is 11.5 Å². The molecule has 0 bridgehead atoms. The van der Waals surface area contributed by atoms with Gasteiger partial charge in [-0.1, -0.05) is 41.9 Å². The highest BCUT2D eigenvalue weighted by Gasteiger charge is 2.36. The number of amides is 4. The number of halogens is 1. The molecule has 8 heteroatoms. The molecule has 1 aliphatic rings. The van der Waals surface area contributed by atoms with Crippen LogP contribution in [0, 0.1) is 13.8 Å². The summed E-state index contributed by atoms with van der Waals surface area (Å²) >= 11 is 5.89. The second-order valence-corrected chi connectivity index (χ2v) is 8.36. The number of aryl methyl sites for hydroxylation is 2. The fraction of sp³-hybridized carbons (Fsp3) is 0.148. The molecule has 1 saturated heterocycles. The average Bonchev–Trinajstić information content (AvgIpc) is 2.83. The van der Waals surface area contributed by atoms with E-state index in [0.717, 1.165) is 21.8 Å². The minimum atomic E-state index is -0.814. The molecule has 0 aliphatic carbocycles. The van der Waals surface area contributed by atoms with Crippen LogP contribution in [-0.4, -0.2) is 31.1 Å². The van der Waals surface area contributed by atoms with E-state index in [-0.39, 0.29) is 5.57 Å². The molecule has 1 N–H and O–H groups in total.